The van der Waals surface area contributed by atoms with Crippen LogP contribution in [0, 0.1) is 5.92 Å². The van der Waals surface area contributed by atoms with Gasteiger partial charge in [0.15, 0.2) is 15.6 Å². The minimum Gasteiger partial charge on any atom is -0.464 e. The molecule has 0 aliphatic carbocycles. The van der Waals surface area contributed by atoms with Crippen LogP contribution in [0.25, 0.3) is 11.0 Å². The van der Waals surface area contributed by atoms with E-state index >= 15 is 0 Å². The minimum atomic E-state index is -3.56. The van der Waals surface area contributed by atoms with Crippen LogP contribution in [-0.2, 0) is 48.3 Å². The highest BCUT2D eigenvalue weighted by Crippen LogP contribution is 2.36. The Labute approximate surface area is 286 Å². The van der Waals surface area contributed by atoms with Crippen molar-refractivity contribution >= 4 is 67.6 Å². The molecule has 0 bridgehead atoms. The van der Waals surface area contributed by atoms with Gasteiger partial charge in [-0.1, -0.05) is 41.4 Å². The Bertz CT molecular complexity index is 2020. The molecule has 2 heterocycles. The Balaban J connectivity index is 1.38. The lowest BCUT2D eigenvalue weighted by atomic mass is 9.89. The smallest absolute Gasteiger partial charge is 0.334 e. The van der Waals surface area contributed by atoms with Crippen molar-refractivity contribution in [3.63, 3.8) is 0 Å². The summed E-state index contributed by atoms with van der Waals surface area (Å²) in [4.78, 5) is 53.6. The van der Waals surface area contributed by atoms with Crippen LogP contribution in [0.5, 0.6) is 0 Å². The molecule has 3 aromatic carbocycles. The van der Waals surface area contributed by atoms with Gasteiger partial charge in [-0.15, -0.1) is 0 Å². The number of halogens is 2. The number of amides is 1. The summed E-state index contributed by atoms with van der Waals surface area (Å²) in [7, 11) is -3.56. The number of carbonyl (C=O) groups excluding carboxylic acids is 4. The molecule has 0 fully saturated rings. The van der Waals surface area contributed by atoms with Crippen LogP contribution in [0.2, 0.25) is 10.0 Å². The average molecular weight is 717 g/mol. The summed E-state index contributed by atoms with van der Waals surface area (Å²) in [5, 5.41) is 9.99. The largest absolute Gasteiger partial charge is 0.464 e. The number of ether oxygens (including phenoxy) is 2. The Morgan fingerprint density at radius 1 is 1.04 bits per heavy atom. The summed E-state index contributed by atoms with van der Waals surface area (Å²) < 4.78 is 39.8. The summed E-state index contributed by atoms with van der Waals surface area (Å²) in [5.41, 5.74) is 2.82. The molecule has 1 unspecified atom stereocenters. The molecule has 1 amide bonds. The zero-order valence-corrected chi connectivity index (χ0v) is 28.2. The van der Waals surface area contributed by atoms with Gasteiger partial charge in [0.1, 0.15) is 12.2 Å². The lowest BCUT2D eigenvalue weighted by molar-refractivity contribution is -0.189. The number of benzene rings is 3. The predicted octanol–water partition coefficient (Wildman–Crippen LogP) is 5.20. The summed E-state index contributed by atoms with van der Waals surface area (Å²) in [5.74, 6) is -3.86. The molecular weight excluding hydrogens is 685 g/mol. The molecule has 48 heavy (non-hydrogen) atoms. The molecule has 4 aromatic rings. The molecule has 11 nitrogen and oxygen atoms in total. The number of Topliss-reactive ketones (excluding diaryl/α,β-unsaturated/α-hetero) is 1. The van der Waals surface area contributed by atoms with Crippen LogP contribution in [0.15, 0.2) is 70.2 Å². The van der Waals surface area contributed by atoms with E-state index < -0.39 is 52.8 Å². The molecule has 0 saturated carbocycles. The van der Waals surface area contributed by atoms with E-state index in [0.717, 1.165) is 11.6 Å². The van der Waals surface area contributed by atoms with E-state index in [2.05, 4.69) is 0 Å². The summed E-state index contributed by atoms with van der Waals surface area (Å²) >= 11 is 13.4. The zero-order chi connectivity index (χ0) is 34.7. The van der Waals surface area contributed by atoms with Crippen molar-refractivity contribution in [3.8, 4) is 0 Å². The molecule has 1 aliphatic rings. The van der Waals surface area contributed by atoms with Gasteiger partial charge in [0.2, 0.25) is 6.29 Å². The minimum absolute atomic E-state index is 0.00238. The van der Waals surface area contributed by atoms with E-state index in [9.17, 15) is 27.6 Å². The van der Waals surface area contributed by atoms with Crippen molar-refractivity contribution < 1.29 is 46.6 Å². The van der Waals surface area contributed by atoms with E-state index in [1.54, 1.807) is 35.4 Å². The monoisotopic (exact) mass is 715 g/mol. The number of carbonyl (C=O) groups is 4. The zero-order valence-electron chi connectivity index (χ0n) is 25.9. The SMILES string of the molecule is CC(OC(=O)CO)OC(=O)[C@@H](CC(=O)c1c(Cl)cc2c(c1Cl)CCN(C(=O)c1ccc3ccoc3c1)C2)Cc1cccc(S(C)(=O)=O)c1. The topological polar surface area (TPSA) is 157 Å². The maximum absolute atomic E-state index is 13.8. The molecule has 1 aromatic heterocycles. The van der Waals surface area contributed by atoms with Gasteiger partial charge >= 0.3 is 11.9 Å². The number of hydrogen-bond donors (Lipinski definition) is 1. The van der Waals surface area contributed by atoms with Crippen molar-refractivity contribution in [2.45, 2.75) is 43.9 Å². The predicted molar refractivity (Wildman–Crippen MR) is 176 cm³/mol. The van der Waals surface area contributed by atoms with Gasteiger partial charge in [-0.3, -0.25) is 14.4 Å². The fourth-order valence-corrected chi connectivity index (χ4v) is 7.10. The molecule has 0 radical (unpaired) electrons. The van der Waals surface area contributed by atoms with Gasteiger partial charge in [0.25, 0.3) is 5.91 Å². The van der Waals surface area contributed by atoms with Crippen LogP contribution >= 0.6 is 23.2 Å². The second-order valence-electron chi connectivity index (χ2n) is 11.4. The van der Waals surface area contributed by atoms with Crippen molar-refractivity contribution in [1.82, 2.24) is 4.90 Å². The van der Waals surface area contributed by atoms with Gasteiger partial charge in [-0.05, 0) is 65.9 Å². The van der Waals surface area contributed by atoms with E-state index in [1.165, 1.54) is 25.1 Å². The molecule has 14 heteroatoms. The van der Waals surface area contributed by atoms with Crippen LogP contribution < -0.4 is 0 Å². The summed E-state index contributed by atoms with van der Waals surface area (Å²) in [6, 6.07) is 14.5. The Kier molecular flexibility index (Phi) is 10.6. The quantitative estimate of drug-likeness (QED) is 0.124. The molecular formula is C34H31Cl2NO10S. The van der Waals surface area contributed by atoms with Gasteiger partial charge in [-0.25, -0.2) is 13.2 Å². The highest BCUT2D eigenvalue weighted by Gasteiger charge is 2.32. The molecule has 0 spiro atoms. The first-order valence-corrected chi connectivity index (χ1v) is 17.5. The van der Waals surface area contributed by atoms with E-state index in [1.807, 2.05) is 12.1 Å². The van der Waals surface area contributed by atoms with Crippen molar-refractivity contribution in [1.29, 1.82) is 0 Å². The number of aliphatic hydroxyl groups is 1. The normalized spacial score (nSPS) is 14.2. The number of ketones is 1. The molecule has 252 valence electrons. The lowest BCUT2D eigenvalue weighted by Crippen LogP contribution is -2.36. The first-order valence-electron chi connectivity index (χ1n) is 14.8. The van der Waals surface area contributed by atoms with E-state index in [0.29, 0.717) is 40.8 Å². The number of aliphatic hydroxyl groups excluding tert-OH is 1. The maximum Gasteiger partial charge on any atom is 0.334 e. The molecule has 1 aliphatic heterocycles. The molecule has 1 N–H and O–H groups in total. The maximum atomic E-state index is 13.8. The van der Waals surface area contributed by atoms with Crippen LogP contribution in [0.1, 0.15) is 50.8 Å². The fourth-order valence-electron chi connectivity index (χ4n) is 5.61. The second kappa shape index (κ2) is 14.5. The summed E-state index contributed by atoms with van der Waals surface area (Å²) in [6.07, 6.45) is 1.04. The third-order valence-electron chi connectivity index (χ3n) is 7.96. The second-order valence-corrected chi connectivity index (χ2v) is 14.2. The van der Waals surface area contributed by atoms with E-state index in [-0.39, 0.29) is 39.4 Å². The van der Waals surface area contributed by atoms with Crippen molar-refractivity contribution in [3.05, 3.63) is 98.7 Å². The van der Waals surface area contributed by atoms with Gasteiger partial charge < -0.3 is 23.9 Å². The Morgan fingerprint density at radius 2 is 1.81 bits per heavy atom. The molecule has 2 atom stereocenters. The first-order chi connectivity index (χ1) is 22.7. The average Bonchev–Trinajstić information content (AvgIpc) is 3.51. The Hall–Kier alpha value is -4.23. The number of rotatable bonds is 11. The van der Waals surface area contributed by atoms with Crippen LogP contribution in [0.4, 0.5) is 0 Å². The first kappa shape index (κ1) is 35.1. The molecule has 5 rings (SSSR count). The third-order valence-corrected chi connectivity index (χ3v) is 9.78. The number of furan rings is 1. The van der Waals surface area contributed by atoms with Crippen molar-refractivity contribution in [2.75, 3.05) is 19.4 Å². The summed E-state index contributed by atoms with van der Waals surface area (Å²) in [6.45, 7) is 0.876. The highest BCUT2D eigenvalue weighted by atomic mass is 35.5. The standard InChI is InChI=1S/C34H31Cl2NO10S/c1-19(46-30(40)18-38)47-34(42)23(12-20-4-3-5-25(13-20)48(2,43)44)15-28(39)31-27(35)14-24-17-37(10-8-26(24)32(31)36)33(41)22-7-6-21-9-11-45-29(21)16-22/h3-7,9,11,13-14,16,19,23,38H,8,10,12,15,17-18H2,1-2H3/t19?,23-/m1/s1. The highest BCUT2D eigenvalue weighted by molar-refractivity contribution is 7.90. The van der Waals surface area contributed by atoms with Crippen molar-refractivity contribution in [2.24, 2.45) is 5.92 Å². The molecule has 0 saturated heterocycles. The van der Waals surface area contributed by atoms with Crippen LogP contribution in [0.3, 0.4) is 0 Å². The van der Waals surface area contributed by atoms with Gasteiger partial charge in [0.05, 0.1) is 32.7 Å². The number of esters is 2. The van der Waals surface area contributed by atoms with Gasteiger partial charge in [0, 0.05) is 43.6 Å². The number of nitrogens with zero attached hydrogens (tertiary/aromatic N) is 1. The number of fused-ring (bicyclic) bond motifs is 2. The van der Waals surface area contributed by atoms with Gasteiger partial charge in [-0.2, -0.15) is 0 Å². The van der Waals surface area contributed by atoms with Crippen LogP contribution in [-0.4, -0.2) is 67.8 Å². The number of hydrogen-bond acceptors (Lipinski definition) is 10. The lowest BCUT2D eigenvalue weighted by Gasteiger charge is -2.30. The Morgan fingerprint density at radius 3 is 2.54 bits per heavy atom. The fraction of sp³-hybridized carbons (Fsp3) is 0.294. The van der Waals surface area contributed by atoms with E-state index in [4.69, 9.17) is 42.2 Å². The number of sulfone groups is 1. The third kappa shape index (κ3) is 7.90.